The topological polar surface area (TPSA) is 88.4 Å². The number of sulfone groups is 1. The van der Waals surface area contributed by atoms with E-state index in [0.29, 0.717) is 13.1 Å². The number of hydrogen-bond acceptors (Lipinski definition) is 6. The van der Waals surface area contributed by atoms with E-state index in [1.807, 2.05) is 4.90 Å². The third-order valence-electron chi connectivity index (χ3n) is 6.69. The second-order valence-corrected chi connectivity index (χ2v) is 11.1. The summed E-state index contributed by atoms with van der Waals surface area (Å²) in [6.07, 6.45) is 8.28. The van der Waals surface area contributed by atoms with Crippen LogP contribution in [0.4, 0.5) is 0 Å². The molecule has 0 spiro atoms. The van der Waals surface area contributed by atoms with Crippen molar-refractivity contribution in [2.45, 2.75) is 76.1 Å². The summed E-state index contributed by atoms with van der Waals surface area (Å²) in [5.41, 5.74) is 0. The van der Waals surface area contributed by atoms with E-state index < -0.39 is 9.84 Å². The molecule has 4 rings (SSSR count). The predicted octanol–water partition coefficient (Wildman–Crippen LogP) is 1.40. The van der Waals surface area contributed by atoms with E-state index in [0.717, 1.165) is 69.9 Å². The number of amides is 1. The van der Waals surface area contributed by atoms with Gasteiger partial charge in [0, 0.05) is 45.6 Å². The van der Waals surface area contributed by atoms with Gasteiger partial charge in [0.05, 0.1) is 17.5 Å². The Balaban J connectivity index is 1.24. The maximum atomic E-state index is 12.5. The van der Waals surface area contributed by atoms with Gasteiger partial charge in [0.1, 0.15) is 11.6 Å². The Labute approximate surface area is 173 Å². The lowest BCUT2D eigenvalue weighted by molar-refractivity contribution is -0.132. The minimum absolute atomic E-state index is 0.00258. The van der Waals surface area contributed by atoms with Crippen molar-refractivity contribution in [1.29, 1.82) is 0 Å². The summed E-state index contributed by atoms with van der Waals surface area (Å²) >= 11 is 0. The Kier molecular flexibility index (Phi) is 6.53. The van der Waals surface area contributed by atoms with Crippen LogP contribution in [0.3, 0.4) is 0 Å². The molecule has 29 heavy (non-hydrogen) atoms. The minimum Gasteiger partial charge on any atom is -0.340 e. The SMILES string of the molecule is O=C(CCS(=O)(=O)C1CCCC1)N1CCN(Cc2nnc3n2CCCCC3)CC1. The number of aryl methyl sites for hydroxylation is 1. The molecule has 1 saturated heterocycles. The largest absolute Gasteiger partial charge is 0.340 e. The van der Waals surface area contributed by atoms with Crippen LogP contribution < -0.4 is 0 Å². The van der Waals surface area contributed by atoms with Gasteiger partial charge < -0.3 is 9.47 Å². The van der Waals surface area contributed by atoms with Crippen molar-refractivity contribution in [3.63, 3.8) is 0 Å². The zero-order valence-corrected chi connectivity index (χ0v) is 18.1. The lowest BCUT2D eigenvalue weighted by Gasteiger charge is -2.34. The van der Waals surface area contributed by atoms with Gasteiger partial charge >= 0.3 is 0 Å². The van der Waals surface area contributed by atoms with Gasteiger partial charge in [-0.05, 0) is 25.7 Å². The molecule has 3 heterocycles. The highest BCUT2D eigenvalue weighted by molar-refractivity contribution is 7.92. The molecule has 162 valence electrons. The van der Waals surface area contributed by atoms with Crippen molar-refractivity contribution in [1.82, 2.24) is 24.6 Å². The Morgan fingerprint density at radius 3 is 2.45 bits per heavy atom. The highest BCUT2D eigenvalue weighted by atomic mass is 32.2. The molecule has 1 aliphatic carbocycles. The Bertz CT molecular complexity index is 808. The first-order valence-electron chi connectivity index (χ1n) is 11.2. The summed E-state index contributed by atoms with van der Waals surface area (Å²) in [6.45, 7) is 4.68. The third-order valence-corrected chi connectivity index (χ3v) is 8.95. The molecule has 1 aromatic rings. The van der Waals surface area contributed by atoms with Crippen LogP contribution in [0.2, 0.25) is 0 Å². The number of aromatic nitrogens is 3. The first-order valence-corrected chi connectivity index (χ1v) is 12.9. The van der Waals surface area contributed by atoms with E-state index in [1.54, 1.807) is 0 Å². The molecule has 2 fully saturated rings. The monoisotopic (exact) mass is 423 g/mol. The maximum absolute atomic E-state index is 12.5. The summed E-state index contributed by atoms with van der Waals surface area (Å²) in [4.78, 5) is 16.7. The second kappa shape index (κ2) is 9.12. The number of nitrogens with zero attached hydrogens (tertiary/aromatic N) is 5. The van der Waals surface area contributed by atoms with Crippen LogP contribution in [-0.4, -0.2) is 76.1 Å². The number of carbonyl (C=O) groups is 1. The van der Waals surface area contributed by atoms with Gasteiger partial charge in [-0.3, -0.25) is 9.69 Å². The third kappa shape index (κ3) is 4.99. The van der Waals surface area contributed by atoms with Crippen LogP contribution in [0.15, 0.2) is 0 Å². The summed E-state index contributed by atoms with van der Waals surface area (Å²) in [5, 5.41) is 8.56. The number of carbonyl (C=O) groups excluding carboxylic acids is 1. The quantitative estimate of drug-likeness (QED) is 0.687. The number of hydrogen-bond donors (Lipinski definition) is 0. The predicted molar refractivity (Wildman–Crippen MR) is 110 cm³/mol. The van der Waals surface area contributed by atoms with Crippen molar-refractivity contribution in [2.75, 3.05) is 31.9 Å². The first-order chi connectivity index (χ1) is 14.0. The number of rotatable bonds is 6. The van der Waals surface area contributed by atoms with Crippen molar-refractivity contribution in [3.8, 4) is 0 Å². The van der Waals surface area contributed by atoms with E-state index in [4.69, 9.17) is 0 Å². The van der Waals surface area contributed by atoms with Gasteiger partial charge in [0.2, 0.25) is 5.91 Å². The number of piperazine rings is 1. The molecule has 9 heteroatoms. The molecule has 0 bridgehead atoms. The van der Waals surface area contributed by atoms with Crippen LogP contribution in [0.5, 0.6) is 0 Å². The highest BCUT2D eigenvalue weighted by Gasteiger charge is 2.30. The minimum atomic E-state index is -3.13. The normalized spacial score (nSPS) is 21.9. The van der Waals surface area contributed by atoms with Crippen molar-refractivity contribution in [2.24, 2.45) is 0 Å². The Morgan fingerprint density at radius 1 is 0.931 bits per heavy atom. The smallest absolute Gasteiger partial charge is 0.223 e. The highest BCUT2D eigenvalue weighted by Crippen LogP contribution is 2.25. The van der Waals surface area contributed by atoms with Crippen LogP contribution in [-0.2, 0) is 34.1 Å². The maximum Gasteiger partial charge on any atom is 0.223 e. The summed E-state index contributed by atoms with van der Waals surface area (Å²) in [7, 11) is -3.13. The molecule has 3 aliphatic rings. The van der Waals surface area contributed by atoms with Gasteiger partial charge in [-0.25, -0.2) is 8.42 Å². The Morgan fingerprint density at radius 2 is 1.69 bits per heavy atom. The fraction of sp³-hybridized carbons (Fsp3) is 0.850. The van der Waals surface area contributed by atoms with E-state index in [-0.39, 0.29) is 23.3 Å². The van der Waals surface area contributed by atoms with E-state index in [1.165, 1.54) is 19.3 Å². The molecule has 1 amide bonds. The van der Waals surface area contributed by atoms with Crippen molar-refractivity contribution >= 4 is 15.7 Å². The van der Waals surface area contributed by atoms with Crippen LogP contribution >= 0.6 is 0 Å². The fourth-order valence-corrected chi connectivity index (χ4v) is 6.66. The van der Waals surface area contributed by atoms with E-state index in [2.05, 4.69) is 19.7 Å². The molecule has 0 atom stereocenters. The zero-order valence-electron chi connectivity index (χ0n) is 17.3. The molecule has 0 radical (unpaired) electrons. The number of fused-ring (bicyclic) bond motifs is 1. The van der Waals surface area contributed by atoms with Gasteiger partial charge in [-0.15, -0.1) is 10.2 Å². The molecular weight excluding hydrogens is 390 g/mol. The lowest BCUT2D eigenvalue weighted by atomic mass is 10.2. The molecule has 1 saturated carbocycles. The lowest BCUT2D eigenvalue weighted by Crippen LogP contribution is -2.48. The van der Waals surface area contributed by atoms with Crippen molar-refractivity contribution < 1.29 is 13.2 Å². The average molecular weight is 424 g/mol. The molecule has 8 nitrogen and oxygen atoms in total. The van der Waals surface area contributed by atoms with Gasteiger partial charge in [0.15, 0.2) is 9.84 Å². The van der Waals surface area contributed by atoms with Gasteiger partial charge in [-0.2, -0.15) is 0 Å². The summed E-state index contributed by atoms with van der Waals surface area (Å²) in [5.74, 6) is 2.12. The fourth-order valence-electron chi connectivity index (χ4n) is 4.82. The molecular formula is C20H33N5O3S. The van der Waals surface area contributed by atoms with Gasteiger partial charge in [0.25, 0.3) is 0 Å². The molecule has 0 N–H and O–H groups in total. The van der Waals surface area contributed by atoms with Crippen LogP contribution in [0, 0.1) is 0 Å². The second-order valence-electron chi connectivity index (χ2n) is 8.68. The van der Waals surface area contributed by atoms with Gasteiger partial charge in [-0.1, -0.05) is 19.3 Å². The molecule has 2 aliphatic heterocycles. The average Bonchev–Trinajstić information content (AvgIpc) is 3.33. The van der Waals surface area contributed by atoms with E-state index >= 15 is 0 Å². The molecule has 0 aromatic carbocycles. The summed E-state index contributed by atoms with van der Waals surface area (Å²) < 4.78 is 27.1. The zero-order chi connectivity index (χ0) is 20.3. The molecule has 0 unspecified atom stereocenters. The Hall–Kier alpha value is -1.48. The molecule has 1 aromatic heterocycles. The van der Waals surface area contributed by atoms with E-state index in [9.17, 15) is 13.2 Å². The van der Waals surface area contributed by atoms with Crippen LogP contribution in [0.25, 0.3) is 0 Å². The van der Waals surface area contributed by atoms with Crippen molar-refractivity contribution in [3.05, 3.63) is 11.6 Å². The summed E-state index contributed by atoms with van der Waals surface area (Å²) in [6, 6.07) is 0. The first kappa shape index (κ1) is 20.8. The standard InChI is InChI=1S/C20H33N5O3S/c26-20(9-15-29(27,28)17-6-3-4-7-17)24-13-11-23(12-14-24)16-19-22-21-18-8-2-1-5-10-25(18)19/h17H,1-16H2. The van der Waals surface area contributed by atoms with Crippen LogP contribution in [0.1, 0.15) is 63.0 Å².